The molecule has 1 aromatic heterocycles. The van der Waals surface area contributed by atoms with Gasteiger partial charge in [-0.1, -0.05) is 16.9 Å². The lowest BCUT2D eigenvalue weighted by Gasteiger charge is -1.95. The van der Waals surface area contributed by atoms with E-state index in [-0.39, 0.29) is 5.84 Å². The summed E-state index contributed by atoms with van der Waals surface area (Å²) in [4.78, 5) is 3.89. The summed E-state index contributed by atoms with van der Waals surface area (Å²) in [6.45, 7) is 0. The van der Waals surface area contributed by atoms with Crippen molar-refractivity contribution in [1.29, 1.82) is 0 Å². The van der Waals surface area contributed by atoms with Crippen LogP contribution >= 0.6 is 11.8 Å². The summed E-state index contributed by atoms with van der Waals surface area (Å²) in [5.74, 6) is 0.937. The van der Waals surface area contributed by atoms with E-state index in [0.29, 0.717) is 12.2 Å². The minimum absolute atomic E-state index is 0.224. The first-order valence-corrected chi connectivity index (χ1v) is 4.26. The van der Waals surface area contributed by atoms with Gasteiger partial charge in [0, 0.05) is 12.2 Å². The smallest absolute Gasteiger partial charge is 0.183 e. The van der Waals surface area contributed by atoms with Gasteiger partial charge in [-0.2, -0.15) is 5.10 Å². The average Bonchev–Trinajstić information content (AvgIpc) is 2.57. The number of oxime groups is 1. The highest BCUT2D eigenvalue weighted by Crippen LogP contribution is 2.11. The molecule has 0 saturated carbocycles. The molecule has 0 aliphatic rings. The van der Waals surface area contributed by atoms with Gasteiger partial charge in [-0.25, -0.2) is 4.98 Å². The Morgan fingerprint density at radius 3 is 3.25 bits per heavy atom. The van der Waals surface area contributed by atoms with Gasteiger partial charge in [0.1, 0.15) is 12.2 Å². The molecular weight excluding hydrogens is 178 g/mol. The zero-order valence-electron chi connectivity index (χ0n) is 6.27. The van der Waals surface area contributed by atoms with Gasteiger partial charge >= 0.3 is 0 Å². The summed E-state index contributed by atoms with van der Waals surface area (Å²) in [6.07, 6.45) is 1.97. The SMILES string of the molecule is N/C(CCSc1ncn[nH]1)=N\O. The van der Waals surface area contributed by atoms with Crippen molar-refractivity contribution >= 4 is 17.6 Å². The van der Waals surface area contributed by atoms with Crippen LogP contribution in [0.25, 0.3) is 0 Å². The summed E-state index contributed by atoms with van der Waals surface area (Å²) in [5.41, 5.74) is 5.25. The van der Waals surface area contributed by atoms with Crippen molar-refractivity contribution in [1.82, 2.24) is 15.2 Å². The van der Waals surface area contributed by atoms with Gasteiger partial charge in [0.15, 0.2) is 5.16 Å². The fourth-order valence-corrected chi connectivity index (χ4v) is 1.31. The molecule has 0 spiro atoms. The maximum Gasteiger partial charge on any atom is 0.183 e. The van der Waals surface area contributed by atoms with Crippen LogP contribution in [0.4, 0.5) is 0 Å². The van der Waals surface area contributed by atoms with Crippen molar-refractivity contribution in [2.24, 2.45) is 10.9 Å². The summed E-state index contributed by atoms with van der Waals surface area (Å²) in [6, 6.07) is 0. The molecule has 0 fully saturated rings. The lowest BCUT2D eigenvalue weighted by molar-refractivity contribution is 0.317. The largest absolute Gasteiger partial charge is 0.409 e. The first-order chi connectivity index (χ1) is 5.83. The van der Waals surface area contributed by atoms with Gasteiger partial charge in [0.25, 0.3) is 0 Å². The number of aromatic nitrogens is 3. The van der Waals surface area contributed by atoms with Gasteiger partial charge in [0.2, 0.25) is 0 Å². The second kappa shape index (κ2) is 4.60. The van der Waals surface area contributed by atoms with Crippen LogP contribution in [0.3, 0.4) is 0 Å². The zero-order chi connectivity index (χ0) is 8.81. The molecule has 0 unspecified atom stereocenters. The minimum Gasteiger partial charge on any atom is -0.409 e. The topological polar surface area (TPSA) is 100 Å². The predicted molar refractivity (Wildman–Crippen MR) is 45.1 cm³/mol. The van der Waals surface area contributed by atoms with Crippen molar-refractivity contribution in [2.75, 3.05) is 5.75 Å². The van der Waals surface area contributed by atoms with E-state index in [0.717, 1.165) is 5.16 Å². The summed E-state index contributed by atoms with van der Waals surface area (Å²) < 4.78 is 0. The predicted octanol–water partition coefficient (Wildman–Crippen LogP) is 0.0333. The second-order valence-electron chi connectivity index (χ2n) is 1.98. The maximum atomic E-state index is 8.21. The molecule has 66 valence electrons. The van der Waals surface area contributed by atoms with E-state index in [9.17, 15) is 0 Å². The minimum atomic E-state index is 0.224. The van der Waals surface area contributed by atoms with Crippen molar-refractivity contribution in [2.45, 2.75) is 11.6 Å². The van der Waals surface area contributed by atoms with Crippen molar-refractivity contribution in [3.8, 4) is 0 Å². The number of hydrogen-bond donors (Lipinski definition) is 3. The monoisotopic (exact) mass is 187 g/mol. The van der Waals surface area contributed by atoms with Gasteiger partial charge in [-0.3, -0.25) is 5.10 Å². The molecule has 6 nitrogen and oxygen atoms in total. The molecule has 0 aromatic carbocycles. The van der Waals surface area contributed by atoms with E-state index in [2.05, 4.69) is 20.3 Å². The van der Waals surface area contributed by atoms with Gasteiger partial charge in [0.05, 0.1) is 0 Å². The molecule has 0 amide bonds. The van der Waals surface area contributed by atoms with Crippen LogP contribution in [0.2, 0.25) is 0 Å². The standard InChI is InChI=1S/C5H9N5OS/c6-4(10-11)1-2-12-5-7-3-8-9-5/h3,11H,1-2H2,(H2,6,10)(H,7,8,9). The molecule has 0 aliphatic heterocycles. The first kappa shape index (κ1) is 8.85. The number of rotatable bonds is 4. The molecule has 1 rings (SSSR count). The van der Waals surface area contributed by atoms with Crippen LogP contribution in [0.5, 0.6) is 0 Å². The highest BCUT2D eigenvalue weighted by atomic mass is 32.2. The van der Waals surface area contributed by atoms with Crippen LogP contribution in [0.1, 0.15) is 6.42 Å². The fraction of sp³-hybridized carbons (Fsp3) is 0.400. The number of nitrogens with two attached hydrogens (primary N) is 1. The van der Waals surface area contributed by atoms with Crippen molar-refractivity contribution < 1.29 is 5.21 Å². The van der Waals surface area contributed by atoms with Crippen molar-refractivity contribution in [3.63, 3.8) is 0 Å². The third-order valence-corrected chi connectivity index (χ3v) is 2.00. The Labute approximate surface area is 73.2 Å². The summed E-state index contributed by atoms with van der Waals surface area (Å²) >= 11 is 1.47. The number of thioether (sulfide) groups is 1. The molecule has 0 radical (unpaired) electrons. The van der Waals surface area contributed by atoms with E-state index in [4.69, 9.17) is 10.9 Å². The van der Waals surface area contributed by atoms with E-state index < -0.39 is 0 Å². The average molecular weight is 187 g/mol. The molecule has 0 bridgehead atoms. The highest BCUT2D eigenvalue weighted by Gasteiger charge is 1.97. The molecule has 1 aromatic rings. The number of H-pyrrole nitrogens is 1. The Morgan fingerprint density at radius 2 is 2.67 bits per heavy atom. The Balaban J connectivity index is 2.19. The lowest BCUT2D eigenvalue weighted by atomic mass is 10.5. The van der Waals surface area contributed by atoms with E-state index in [1.807, 2.05) is 0 Å². The zero-order valence-corrected chi connectivity index (χ0v) is 7.08. The van der Waals surface area contributed by atoms with Crippen LogP contribution in [-0.4, -0.2) is 32.0 Å². The van der Waals surface area contributed by atoms with E-state index >= 15 is 0 Å². The van der Waals surface area contributed by atoms with Crippen molar-refractivity contribution in [3.05, 3.63) is 6.33 Å². The number of hydrogen-bond acceptors (Lipinski definition) is 5. The summed E-state index contributed by atoms with van der Waals surface area (Å²) in [5, 5.41) is 18.1. The number of nitrogens with zero attached hydrogens (tertiary/aromatic N) is 3. The van der Waals surface area contributed by atoms with Crippen LogP contribution < -0.4 is 5.73 Å². The Morgan fingerprint density at radius 1 is 1.83 bits per heavy atom. The Hall–Kier alpha value is -1.24. The fourth-order valence-electron chi connectivity index (χ4n) is 0.566. The normalized spacial score (nSPS) is 11.8. The molecule has 7 heteroatoms. The third kappa shape index (κ3) is 2.79. The second-order valence-corrected chi connectivity index (χ2v) is 3.06. The molecule has 0 aliphatic carbocycles. The number of amidine groups is 1. The van der Waals surface area contributed by atoms with Gasteiger partial charge in [-0.15, -0.1) is 0 Å². The van der Waals surface area contributed by atoms with E-state index in [1.165, 1.54) is 18.1 Å². The number of nitrogens with one attached hydrogen (secondary N) is 1. The third-order valence-electron chi connectivity index (χ3n) is 1.12. The molecule has 4 N–H and O–H groups in total. The highest BCUT2D eigenvalue weighted by molar-refractivity contribution is 7.99. The maximum absolute atomic E-state index is 8.21. The lowest BCUT2D eigenvalue weighted by Crippen LogP contribution is -2.12. The van der Waals surface area contributed by atoms with Crippen LogP contribution in [-0.2, 0) is 0 Å². The van der Waals surface area contributed by atoms with E-state index in [1.54, 1.807) is 0 Å². The molecular formula is C5H9N5OS. The van der Waals surface area contributed by atoms with Gasteiger partial charge in [-0.05, 0) is 0 Å². The molecule has 0 atom stereocenters. The Kier molecular flexibility index (Phi) is 3.39. The molecule has 0 saturated heterocycles. The Bertz CT molecular complexity index is 246. The first-order valence-electron chi connectivity index (χ1n) is 3.27. The molecule has 1 heterocycles. The summed E-state index contributed by atoms with van der Waals surface area (Å²) in [7, 11) is 0. The van der Waals surface area contributed by atoms with Crippen LogP contribution in [0, 0.1) is 0 Å². The van der Waals surface area contributed by atoms with Crippen LogP contribution in [0.15, 0.2) is 16.6 Å². The molecule has 12 heavy (non-hydrogen) atoms. The quantitative estimate of drug-likeness (QED) is 0.203. The van der Waals surface area contributed by atoms with Gasteiger partial charge < -0.3 is 10.9 Å². The number of aromatic amines is 1.